The van der Waals surface area contributed by atoms with E-state index in [2.05, 4.69) is 22.5 Å². The summed E-state index contributed by atoms with van der Waals surface area (Å²) in [6.07, 6.45) is -2.99. The highest BCUT2D eigenvalue weighted by molar-refractivity contribution is 6.08. The number of halogens is 3. The minimum atomic E-state index is -5.08. The molecule has 3 amide bonds. The van der Waals surface area contributed by atoms with Crippen molar-refractivity contribution in [2.75, 3.05) is 31.1 Å². The molecule has 11 nitrogen and oxygen atoms in total. The first-order valence-corrected chi connectivity index (χ1v) is 10.7. The first kappa shape index (κ1) is 25.9. The van der Waals surface area contributed by atoms with Gasteiger partial charge in [0.1, 0.15) is 0 Å². The number of nitrogens with one attached hydrogen (secondary N) is 1. The summed E-state index contributed by atoms with van der Waals surface area (Å²) in [7, 11) is 1.85. The SMILES string of the molecule is Cn1nc(N2CCC(=O)NC2=O)c2ccc(C3CCN(CC(=O)O)CC3)cc21.O=C(O)C(F)(F)F. The molecule has 3 N–H and O–H groups in total. The van der Waals surface area contributed by atoms with Crippen LogP contribution in [0.3, 0.4) is 0 Å². The Morgan fingerprint density at radius 1 is 1.14 bits per heavy atom. The lowest BCUT2D eigenvalue weighted by Gasteiger charge is -2.31. The van der Waals surface area contributed by atoms with Gasteiger partial charge in [-0.1, -0.05) is 6.07 Å². The zero-order valence-electron chi connectivity index (χ0n) is 18.7. The molecule has 1 aromatic heterocycles. The zero-order chi connectivity index (χ0) is 25.9. The predicted octanol–water partition coefficient (Wildman–Crippen LogP) is 1.92. The van der Waals surface area contributed by atoms with Crippen LogP contribution in [-0.2, 0) is 21.4 Å². The monoisotopic (exact) mass is 499 g/mol. The van der Waals surface area contributed by atoms with Crippen LogP contribution in [0.5, 0.6) is 0 Å². The number of anilines is 1. The minimum Gasteiger partial charge on any atom is -0.480 e. The van der Waals surface area contributed by atoms with Crippen LogP contribution in [0.2, 0.25) is 0 Å². The van der Waals surface area contributed by atoms with Crippen molar-refractivity contribution in [3.05, 3.63) is 23.8 Å². The van der Waals surface area contributed by atoms with Gasteiger partial charge >= 0.3 is 24.1 Å². The minimum absolute atomic E-state index is 0.0945. The molecular weight excluding hydrogens is 475 g/mol. The van der Waals surface area contributed by atoms with Gasteiger partial charge in [-0.25, -0.2) is 9.59 Å². The summed E-state index contributed by atoms with van der Waals surface area (Å²) in [4.78, 5) is 46.8. The summed E-state index contributed by atoms with van der Waals surface area (Å²) >= 11 is 0. The van der Waals surface area contributed by atoms with Gasteiger partial charge in [-0.3, -0.25) is 29.4 Å². The molecule has 0 bridgehead atoms. The van der Waals surface area contributed by atoms with Gasteiger partial charge in [0.25, 0.3) is 0 Å². The highest BCUT2D eigenvalue weighted by Crippen LogP contribution is 2.33. The maximum atomic E-state index is 12.2. The summed E-state index contributed by atoms with van der Waals surface area (Å²) in [6, 6.07) is 5.72. The Hall–Kier alpha value is -3.68. The molecule has 0 saturated carbocycles. The van der Waals surface area contributed by atoms with E-state index in [0.29, 0.717) is 18.3 Å². The molecule has 190 valence electrons. The Balaban J connectivity index is 0.000000429. The number of hydrogen-bond acceptors (Lipinski definition) is 6. The van der Waals surface area contributed by atoms with Crippen molar-refractivity contribution < 1.29 is 42.6 Å². The first-order valence-electron chi connectivity index (χ1n) is 10.7. The third-order valence-corrected chi connectivity index (χ3v) is 5.83. The van der Waals surface area contributed by atoms with Crippen LogP contribution in [0.1, 0.15) is 30.7 Å². The van der Waals surface area contributed by atoms with Gasteiger partial charge < -0.3 is 10.2 Å². The Bertz CT molecular complexity index is 1140. The largest absolute Gasteiger partial charge is 0.490 e. The zero-order valence-corrected chi connectivity index (χ0v) is 18.7. The van der Waals surface area contributed by atoms with Crippen molar-refractivity contribution in [2.45, 2.75) is 31.4 Å². The number of carboxylic acid groups (broad SMARTS) is 2. The number of aliphatic carboxylic acids is 2. The summed E-state index contributed by atoms with van der Waals surface area (Å²) in [5.41, 5.74) is 2.14. The second-order valence-corrected chi connectivity index (χ2v) is 8.23. The highest BCUT2D eigenvalue weighted by atomic mass is 19.4. The van der Waals surface area contributed by atoms with E-state index in [0.717, 1.165) is 36.8 Å². The molecule has 2 saturated heterocycles. The van der Waals surface area contributed by atoms with Gasteiger partial charge in [0.2, 0.25) is 5.91 Å². The number of nitrogens with zero attached hydrogens (tertiary/aromatic N) is 4. The number of carbonyl (C=O) groups is 4. The standard InChI is InChI=1S/C19H23N5O4.C2HF3O2/c1-22-15-10-13(12-4-7-23(8-5-12)11-17(26)27)2-3-14(15)18(21-22)24-9-6-16(25)20-19(24)28;3-2(4,5)1(6)7/h2-3,10,12H,4-9,11H2,1H3,(H,26,27)(H,20,25,28);(H,6,7). The van der Waals surface area contributed by atoms with Gasteiger partial charge in [-0.2, -0.15) is 18.3 Å². The lowest BCUT2D eigenvalue weighted by molar-refractivity contribution is -0.192. The number of likely N-dealkylation sites (tertiary alicyclic amines) is 1. The maximum absolute atomic E-state index is 12.2. The lowest BCUT2D eigenvalue weighted by Crippen LogP contribution is -2.49. The number of imide groups is 1. The summed E-state index contributed by atoms with van der Waals surface area (Å²) in [5.74, 6) is -2.87. The second-order valence-electron chi connectivity index (χ2n) is 8.23. The van der Waals surface area contributed by atoms with Crippen molar-refractivity contribution in [3.8, 4) is 0 Å². The Labute approximate surface area is 197 Å². The van der Waals surface area contributed by atoms with E-state index < -0.39 is 24.1 Å². The van der Waals surface area contributed by atoms with E-state index in [1.54, 1.807) is 4.68 Å². The van der Waals surface area contributed by atoms with Crippen molar-refractivity contribution >= 4 is 40.6 Å². The molecule has 2 aliphatic heterocycles. The van der Waals surface area contributed by atoms with Gasteiger partial charge in [-0.15, -0.1) is 0 Å². The Morgan fingerprint density at radius 2 is 1.77 bits per heavy atom. The van der Waals surface area contributed by atoms with Crippen LogP contribution in [0.4, 0.5) is 23.8 Å². The van der Waals surface area contributed by atoms with E-state index in [-0.39, 0.29) is 18.9 Å². The topological polar surface area (TPSA) is 145 Å². The Kier molecular flexibility index (Phi) is 7.63. The summed E-state index contributed by atoms with van der Waals surface area (Å²) < 4.78 is 33.5. The predicted molar refractivity (Wildman–Crippen MR) is 116 cm³/mol. The number of aromatic nitrogens is 2. The third kappa shape index (κ3) is 6.26. The molecule has 3 heterocycles. The van der Waals surface area contributed by atoms with Crippen molar-refractivity contribution in [1.82, 2.24) is 20.0 Å². The number of aryl methyl sites for hydroxylation is 1. The molecule has 1 aromatic carbocycles. The molecule has 0 spiro atoms. The highest BCUT2D eigenvalue weighted by Gasteiger charge is 2.38. The van der Waals surface area contributed by atoms with E-state index >= 15 is 0 Å². The maximum Gasteiger partial charge on any atom is 0.490 e. The fraction of sp³-hybridized carbons (Fsp3) is 0.476. The number of piperidine rings is 1. The molecule has 14 heteroatoms. The number of hydrogen-bond donors (Lipinski definition) is 3. The van der Waals surface area contributed by atoms with Gasteiger partial charge in [0.05, 0.1) is 12.1 Å². The van der Waals surface area contributed by atoms with Crippen LogP contribution >= 0.6 is 0 Å². The second kappa shape index (κ2) is 10.3. The summed E-state index contributed by atoms with van der Waals surface area (Å²) in [6.45, 7) is 1.96. The van der Waals surface area contributed by atoms with Gasteiger partial charge in [0.15, 0.2) is 5.82 Å². The van der Waals surface area contributed by atoms with Crippen LogP contribution < -0.4 is 10.2 Å². The Morgan fingerprint density at radius 3 is 2.31 bits per heavy atom. The molecule has 2 aromatic rings. The molecule has 0 aliphatic carbocycles. The van der Waals surface area contributed by atoms with Crippen LogP contribution in [0, 0.1) is 0 Å². The van der Waals surface area contributed by atoms with Crippen LogP contribution in [0.25, 0.3) is 10.9 Å². The first-order chi connectivity index (χ1) is 16.4. The lowest BCUT2D eigenvalue weighted by atomic mass is 9.89. The number of carbonyl (C=O) groups excluding carboxylic acids is 2. The van der Waals surface area contributed by atoms with E-state index in [1.807, 2.05) is 18.0 Å². The van der Waals surface area contributed by atoms with Gasteiger partial charge in [-0.05, 0) is 49.5 Å². The quantitative estimate of drug-likeness (QED) is 0.579. The van der Waals surface area contributed by atoms with Gasteiger partial charge in [0, 0.05) is 25.4 Å². The molecule has 0 radical (unpaired) electrons. The summed E-state index contributed by atoms with van der Waals surface area (Å²) in [5, 5.41) is 23.8. The van der Waals surface area contributed by atoms with Crippen molar-refractivity contribution in [2.24, 2.45) is 7.05 Å². The smallest absolute Gasteiger partial charge is 0.480 e. The fourth-order valence-electron chi connectivity index (χ4n) is 4.09. The van der Waals surface area contributed by atoms with Crippen LogP contribution in [-0.4, -0.2) is 81.1 Å². The molecule has 2 aliphatic rings. The van der Waals surface area contributed by atoms with Crippen LogP contribution in [0.15, 0.2) is 18.2 Å². The van der Waals surface area contributed by atoms with Crippen molar-refractivity contribution in [3.63, 3.8) is 0 Å². The molecule has 4 rings (SSSR count). The number of carboxylic acids is 2. The number of amides is 3. The number of benzene rings is 1. The van der Waals surface area contributed by atoms with E-state index in [4.69, 9.17) is 15.0 Å². The average molecular weight is 499 g/mol. The molecule has 2 fully saturated rings. The normalized spacial score (nSPS) is 17.7. The molecule has 0 unspecified atom stereocenters. The van der Waals surface area contributed by atoms with E-state index in [9.17, 15) is 27.6 Å². The molecule has 0 atom stereocenters. The molecular formula is C21H24F3N5O6. The number of urea groups is 1. The molecule has 35 heavy (non-hydrogen) atoms. The number of alkyl halides is 3. The van der Waals surface area contributed by atoms with E-state index in [1.165, 1.54) is 10.5 Å². The average Bonchev–Trinajstić information content (AvgIpc) is 3.09. The number of rotatable bonds is 4. The third-order valence-electron chi connectivity index (χ3n) is 5.83. The number of fused-ring (bicyclic) bond motifs is 1. The van der Waals surface area contributed by atoms with Crippen molar-refractivity contribution in [1.29, 1.82) is 0 Å². The fourth-order valence-corrected chi connectivity index (χ4v) is 4.09.